The Hall–Kier alpha value is -2.34. The first-order valence-corrected chi connectivity index (χ1v) is 8.33. The minimum absolute atomic E-state index is 0.0666. The number of aromatic nitrogens is 1. The maximum Gasteiger partial charge on any atom is 0.276 e. The molecular formula is C18H22N2O4. The fourth-order valence-electron chi connectivity index (χ4n) is 3.24. The van der Waals surface area contributed by atoms with Crippen molar-refractivity contribution in [3.05, 3.63) is 48.2 Å². The van der Waals surface area contributed by atoms with E-state index >= 15 is 0 Å². The van der Waals surface area contributed by atoms with Crippen molar-refractivity contribution in [2.45, 2.75) is 44.2 Å². The summed E-state index contributed by atoms with van der Waals surface area (Å²) in [5.41, 5.74) is 0.0666. The fourth-order valence-corrected chi connectivity index (χ4v) is 3.24. The molecule has 6 nitrogen and oxygen atoms in total. The van der Waals surface area contributed by atoms with E-state index in [2.05, 4.69) is 4.98 Å². The molecule has 3 heterocycles. The summed E-state index contributed by atoms with van der Waals surface area (Å²) in [5, 5.41) is 20.3. The summed E-state index contributed by atoms with van der Waals surface area (Å²) in [6.07, 6.45) is 6.46. The SMILES string of the molecule is O=C(c1ncccc1O)N1CCCCC[C@@H]1C[C@H](O)c1ccco1. The van der Waals surface area contributed by atoms with Crippen molar-refractivity contribution < 1.29 is 19.4 Å². The number of pyridine rings is 1. The maximum absolute atomic E-state index is 12.9. The molecule has 0 aromatic carbocycles. The Morgan fingerprint density at radius 1 is 1.33 bits per heavy atom. The Morgan fingerprint density at radius 2 is 2.21 bits per heavy atom. The standard InChI is InChI=1S/C18H22N2O4/c21-14-7-4-9-19-17(14)18(23)20-10-3-1-2-6-13(20)12-15(22)16-8-5-11-24-16/h4-5,7-9,11,13,15,21-22H,1-3,6,10,12H2/t13-,15+/m1/s1. The molecule has 1 amide bonds. The van der Waals surface area contributed by atoms with Crippen LogP contribution >= 0.6 is 0 Å². The zero-order valence-electron chi connectivity index (χ0n) is 13.5. The first-order valence-electron chi connectivity index (χ1n) is 8.33. The average Bonchev–Trinajstić information content (AvgIpc) is 3.03. The van der Waals surface area contributed by atoms with E-state index in [-0.39, 0.29) is 23.4 Å². The number of carbonyl (C=O) groups is 1. The molecule has 2 aromatic rings. The van der Waals surface area contributed by atoms with Crippen molar-refractivity contribution in [2.75, 3.05) is 6.54 Å². The van der Waals surface area contributed by atoms with E-state index in [1.54, 1.807) is 23.1 Å². The van der Waals surface area contributed by atoms with Crippen LogP contribution in [0.4, 0.5) is 0 Å². The van der Waals surface area contributed by atoms with Crippen molar-refractivity contribution in [3.63, 3.8) is 0 Å². The second-order valence-electron chi connectivity index (χ2n) is 6.14. The van der Waals surface area contributed by atoms with Crippen LogP contribution < -0.4 is 0 Å². The van der Waals surface area contributed by atoms with Crippen molar-refractivity contribution in [3.8, 4) is 5.75 Å². The monoisotopic (exact) mass is 330 g/mol. The van der Waals surface area contributed by atoms with Crippen molar-refractivity contribution in [2.24, 2.45) is 0 Å². The first kappa shape index (κ1) is 16.5. The van der Waals surface area contributed by atoms with Gasteiger partial charge in [-0.05, 0) is 37.1 Å². The van der Waals surface area contributed by atoms with Gasteiger partial charge in [0.1, 0.15) is 17.6 Å². The van der Waals surface area contributed by atoms with E-state index in [9.17, 15) is 15.0 Å². The average molecular weight is 330 g/mol. The smallest absolute Gasteiger partial charge is 0.276 e. The number of carbonyl (C=O) groups excluding carboxylic acids is 1. The molecule has 0 unspecified atom stereocenters. The summed E-state index contributed by atoms with van der Waals surface area (Å²) in [6, 6.07) is 6.41. The van der Waals surface area contributed by atoms with Crippen LogP contribution in [-0.4, -0.2) is 38.6 Å². The van der Waals surface area contributed by atoms with Crippen LogP contribution in [0.25, 0.3) is 0 Å². The number of furan rings is 1. The summed E-state index contributed by atoms with van der Waals surface area (Å²) < 4.78 is 5.26. The second-order valence-corrected chi connectivity index (χ2v) is 6.14. The molecule has 0 bridgehead atoms. The Morgan fingerprint density at radius 3 is 2.96 bits per heavy atom. The van der Waals surface area contributed by atoms with Gasteiger partial charge in [-0.2, -0.15) is 0 Å². The van der Waals surface area contributed by atoms with Crippen LogP contribution in [0, 0.1) is 0 Å². The lowest BCUT2D eigenvalue weighted by atomic mass is 10.0. The van der Waals surface area contributed by atoms with Crippen LogP contribution in [0.1, 0.15) is 54.5 Å². The van der Waals surface area contributed by atoms with Gasteiger partial charge < -0.3 is 19.5 Å². The predicted molar refractivity (Wildman–Crippen MR) is 87.5 cm³/mol. The van der Waals surface area contributed by atoms with E-state index in [1.807, 2.05) is 0 Å². The van der Waals surface area contributed by atoms with Gasteiger partial charge in [-0.15, -0.1) is 0 Å². The number of rotatable bonds is 4. The number of aliphatic hydroxyl groups is 1. The molecule has 1 fully saturated rings. The normalized spacial score (nSPS) is 19.7. The van der Waals surface area contributed by atoms with Crippen LogP contribution in [0.3, 0.4) is 0 Å². The Labute approximate surface area is 140 Å². The van der Waals surface area contributed by atoms with Gasteiger partial charge in [0, 0.05) is 25.2 Å². The zero-order valence-corrected chi connectivity index (χ0v) is 13.5. The number of nitrogens with zero attached hydrogens (tertiary/aromatic N) is 2. The van der Waals surface area contributed by atoms with Gasteiger partial charge in [-0.25, -0.2) is 4.98 Å². The topological polar surface area (TPSA) is 86.8 Å². The van der Waals surface area contributed by atoms with E-state index in [0.717, 1.165) is 25.7 Å². The first-order chi connectivity index (χ1) is 11.7. The quantitative estimate of drug-likeness (QED) is 0.900. The van der Waals surface area contributed by atoms with Gasteiger partial charge in [0.2, 0.25) is 0 Å². The third-order valence-electron chi connectivity index (χ3n) is 4.49. The summed E-state index contributed by atoms with van der Waals surface area (Å²) in [5.74, 6) is 0.107. The third-order valence-corrected chi connectivity index (χ3v) is 4.49. The van der Waals surface area contributed by atoms with Crippen molar-refractivity contribution in [1.82, 2.24) is 9.88 Å². The Kier molecular flexibility index (Phi) is 5.15. The zero-order chi connectivity index (χ0) is 16.9. The largest absolute Gasteiger partial charge is 0.505 e. The molecule has 0 radical (unpaired) electrons. The molecule has 1 saturated heterocycles. The number of hydrogen-bond donors (Lipinski definition) is 2. The molecule has 2 aromatic heterocycles. The van der Waals surface area contributed by atoms with Gasteiger partial charge in [0.25, 0.3) is 5.91 Å². The Bertz CT molecular complexity index is 671. The maximum atomic E-state index is 12.9. The molecule has 0 aliphatic carbocycles. The predicted octanol–water partition coefficient (Wildman–Crippen LogP) is 2.89. The van der Waals surface area contributed by atoms with Gasteiger partial charge >= 0.3 is 0 Å². The van der Waals surface area contributed by atoms with E-state index < -0.39 is 6.10 Å². The number of hydrogen-bond acceptors (Lipinski definition) is 5. The third kappa shape index (κ3) is 3.59. The van der Waals surface area contributed by atoms with Crippen LogP contribution in [0.2, 0.25) is 0 Å². The lowest BCUT2D eigenvalue weighted by molar-refractivity contribution is 0.0549. The van der Waals surface area contributed by atoms with E-state index in [4.69, 9.17) is 4.42 Å². The van der Waals surface area contributed by atoms with Gasteiger partial charge in [0.05, 0.1) is 6.26 Å². The van der Waals surface area contributed by atoms with Gasteiger partial charge in [-0.3, -0.25) is 4.79 Å². The van der Waals surface area contributed by atoms with Crippen molar-refractivity contribution >= 4 is 5.91 Å². The van der Waals surface area contributed by atoms with Gasteiger partial charge in [-0.1, -0.05) is 12.8 Å². The molecule has 1 aliphatic rings. The molecule has 2 N–H and O–H groups in total. The van der Waals surface area contributed by atoms with E-state index in [0.29, 0.717) is 18.7 Å². The summed E-state index contributed by atoms with van der Waals surface area (Å²) in [4.78, 5) is 18.6. The molecule has 3 rings (SSSR count). The fraction of sp³-hybridized carbons (Fsp3) is 0.444. The minimum Gasteiger partial charge on any atom is -0.505 e. The highest BCUT2D eigenvalue weighted by Crippen LogP contribution is 2.28. The molecule has 0 saturated carbocycles. The number of aliphatic hydroxyl groups excluding tert-OH is 1. The molecular weight excluding hydrogens is 308 g/mol. The highest BCUT2D eigenvalue weighted by Gasteiger charge is 2.30. The molecule has 128 valence electrons. The molecule has 1 aliphatic heterocycles. The van der Waals surface area contributed by atoms with Crippen LogP contribution in [-0.2, 0) is 0 Å². The second kappa shape index (κ2) is 7.49. The highest BCUT2D eigenvalue weighted by molar-refractivity contribution is 5.95. The Balaban J connectivity index is 1.80. The summed E-state index contributed by atoms with van der Waals surface area (Å²) in [6.45, 7) is 0.602. The van der Waals surface area contributed by atoms with Crippen LogP contribution in [0.15, 0.2) is 41.1 Å². The molecule has 2 atom stereocenters. The molecule has 6 heteroatoms. The summed E-state index contributed by atoms with van der Waals surface area (Å²) >= 11 is 0. The minimum atomic E-state index is -0.754. The van der Waals surface area contributed by atoms with Gasteiger partial charge in [0.15, 0.2) is 5.69 Å². The lowest BCUT2D eigenvalue weighted by Gasteiger charge is -2.31. The number of amides is 1. The number of aromatic hydroxyl groups is 1. The number of likely N-dealkylation sites (tertiary alicyclic amines) is 1. The summed E-state index contributed by atoms with van der Waals surface area (Å²) in [7, 11) is 0. The molecule has 0 spiro atoms. The lowest BCUT2D eigenvalue weighted by Crippen LogP contribution is -2.41. The van der Waals surface area contributed by atoms with Crippen LogP contribution in [0.5, 0.6) is 5.75 Å². The van der Waals surface area contributed by atoms with Crippen molar-refractivity contribution in [1.29, 1.82) is 0 Å². The van der Waals surface area contributed by atoms with E-state index in [1.165, 1.54) is 18.5 Å². The molecule has 24 heavy (non-hydrogen) atoms. The highest BCUT2D eigenvalue weighted by atomic mass is 16.4.